The predicted molar refractivity (Wildman–Crippen MR) is 64.7 cm³/mol. The summed E-state index contributed by atoms with van der Waals surface area (Å²) >= 11 is 0. The van der Waals surface area contributed by atoms with Crippen LogP contribution in [-0.2, 0) is 11.3 Å². The minimum Gasteiger partial charge on any atom is -0.381 e. The zero-order valence-corrected chi connectivity index (χ0v) is 10.4. The smallest absolute Gasteiger partial charge is 0.203 e. The maximum absolute atomic E-state index is 5.40. The molecule has 0 amide bonds. The third-order valence-corrected chi connectivity index (χ3v) is 3.25. The summed E-state index contributed by atoms with van der Waals surface area (Å²) in [6.45, 7) is 9.06. The molecule has 1 fully saturated rings. The molecular weight excluding hydrogens is 202 g/mol. The van der Waals surface area contributed by atoms with Crippen molar-refractivity contribution in [3.63, 3.8) is 0 Å². The van der Waals surface area contributed by atoms with Gasteiger partial charge in [0.15, 0.2) is 0 Å². The molecule has 0 aliphatic carbocycles. The molecule has 1 saturated heterocycles. The molecule has 0 saturated carbocycles. The van der Waals surface area contributed by atoms with Crippen LogP contribution in [0.4, 0.5) is 5.95 Å². The molecule has 2 heterocycles. The molecule has 90 valence electrons. The Bertz CT molecular complexity index is 353. The van der Waals surface area contributed by atoms with E-state index >= 15 is 0 Å². The Labute approximate surface area is 97.0 Å². The summed E-state index contributed by atoms with van der Waals surface area (Å²) in [5.41, 5.74) is 1.20. The number of hydrogen-bond acceptors (Lipinski definition) is 3. The molecule has 1 aromatic rings. The van der Waals surface area contributed by atoms with Crippen molar-refractivity contribution in [2.24, 2.45) is 0 Å². The van der Waals surface area contributed by atoms with Crippen LogP contribution in [0.25, 0.3) is 0 Å². The highest BCUT2D eigenvalue weighted by Gasteiger charge is 2.28. The Hall–Kier alpha value is -1.03. The molecule has 2 rings (SSSR count). The first-order valence-corrected chi connectivity index (χ1v) is 6.03. The number of aryl methyl sites for hydroxylation is 2. The van der Waals surface area contributed by atoms with E-state index in [4.69, 9.17) is 4.74 Å². The van der Waals surface area contributed by atoms with Crippen LogP contribution in [0.1, 0.15) is 32.4 Å². The number of aromatic nitrogens is 2. The zero-order chi connectivity index (χ0) is 11.6. The van der Waals surface area contributed by atoms with Crippen LogP contribution in [0.5, 0.6) is 0 Å². The molecule has 0 spiro atoms. The number of anilines is 1. The van der Waals surface area contributed by atoms with Gasteiger partial charge in [-0.3, -0.25) is 0 Å². The van der Waals surface area contributed by atoms with Crippen LogP contribution in [0.3, 0.4) is 0 Å². The lowest BCUT2D eigenvalue weighted by Crippen LogP contribution is -2.41. The standard InChI is InChI=1S/C12H21N3O/c1-4-15-9-10(2)13-11(15)14-12(3)5-7-16-8-6-12/h9H,4-8H2,1-3H3,(H,13,14). The maximum Gasteiger partial charge on any atom is 0.203 e. The Morgan fingerprint density at radius 3 is 2.81 bits per heavy atom. The van der Waals surface area contributed by atoms with Gasteiger partial charge in [0, 0.05) is 31.5 Å². The predicted octanol–water partition coefficient (Wildman–Crippen LogP) is 2.19. The maximum atomic E-state index is 5.40. The van der Waals surface area contributed by atoms with Gasteiger partial charge in [-0.1, -0.05) is 0 Å². The highest BCUT2D eigenvalue weighted by Crippen LogP contribution is 2.25. The second-order valence-electron chi connectivity index (χ2n) is 4.79. The quantitative estimate of drug-likeness (QED) is 0.853. The van der Waals surface area contributed by atoms with Crippen molar-refractivity contribution in [3.8, 4) is 0 Å². The van der Waals surface area contributed by atoms with E-state index in [2.05, 4.69) is 34.9 Å². The van der Waals surface area contributed by atoms with Crippen molar-refractivity contribution in [2.45, 2.75) is 45.7 Å². The van der Waals surface area contributed by atoms with Crippen LogP contribution in [0, 0.1) is 6.92 Å². The van der Waals surface area contributed by atoms with Gasteiger partial charge in [0.2, 0.25) is 5.95 Å². The van der Waals surface area contributed by atoms with Crippen molar-refractivity contribution in [2.75, 3.05) is 18.5 Å². The van der Waals surface area contributed by atoms with Crippen molar-refractivity contribution in [1.29, 1.82) is 0 Å². The molecule has 0 radical (unpaired) electrons. The van der Waals surface area contributed by atoms with Gasteiger partial charge in [-0.05, 0) is 33.6 Å². The summed E-state index contributed by atoms with van der Waals surface area (Å²) in [5, 5.41) is 3.57. The number of hydrogen-bond donors (Lipinski definition) is 1. The fourth-order valence-corrected chi connectivity index (χ4v) is 2.10. The van der Waals surface area contributed by atoms with Crippen molar-refractivity contribution < 1.29 is 4.74 Å². The molecule has 4 heteroatoms. The number of ether oxygens (including phenoxy) is 1. The summed E-state index contributed by atoms with van der Waals surface area (Å²) < 4.78 is 7.56. The average molecular weight is 223 g/mol. The molecule has 1 N–H and O–H groups in total. The van der Waals surface area contributed by atoms with E-state index in [1.807, 2.05) is 6.92 Å². The molecule has 1 aliphatic rings. The van der Waals surface area contributed by atoms with E-state index in [1.54, 1.807) is 0 Å². The molecule has 4 nitrogen and oxygen atoms in total. The van der Waals surface area contributed by atoms with E-state index in [0.29, 0.717) is 0 Å². The first-order valence-electron chi connectivity index (χ1n) is 6.03. The van der Waals surface area contributed by atoms with E-state index in [9.17, 15) is 0 Å². The van der Waals surface area contributed by atoms with Gasteiger partial charge < -0.3 is 14.6 Å². The lowest BCUT2D eigenvalue weighted by atomic mass is 9.93. The summed E-state index contributed by atoms with van der Waals surface area (Å²) in [4.78, 5) is 4.53. The van der Waals surface area contributed by atoms with Crippen molar-refractivity contribution in [3.05, 3.63) is 11.9 Å². The second-order valence-corrected chi connectivity index (χ2v) is 4.79. The number of rotatable bonds is 3. The Morgan fingerprint density at radius 2 is 2.19 bits per heavy atom. The van der Waals surface area contributed by atoms with Crippen LogP contribution in [0.15, 0.2) is 6.20 Å². The van der Waals surface area contributed by atoms with Gasteiger partial charge in [0.25, 0.3) is 0 Å². The average Bonchev–Trinajstić information content (AvgIpc) is 2.59. The lowest BCUT2D eigenvalue weighted by Gasteiger charge is -2.34. The van der Waals surface area contributed by atoms with Gasteiger partial charge >= 0.3 is 0 Å². The molecule has 0 unspecified atom stereocenters. The summed E-state index contributed by atoms with van der Waals surface area (Å²) in [7, 11) is 0. The van der Waals surface area contributed by atoms with E-state index in [-0.39, 0.29) is 5.54 Å². The third-order valence-electron chi connectivity index (χ3n) is 3.25. The number of imidazole rings is 1. The van der Waals surface area contributed by atoms with Gasteiger partial charge in [-0.2, -0.15) is 0 Å². The van der Waals surface area contributed by atoms with Gasteiger partial charge in [-0.25, -0.2) is 4.98 Å². The zero-order valence-electron chi connectivity index (χ0n) is 10.4. The highest BCUT2D eigenvalue weighted by atomic mass is 16.5. The normalized spacial score (nSPS) is 19.7. The fraction of sp³-hybridized carbons (Fsp3) is 0.750. The van der Waals surface area contributed by atoms with E-state index in [1.165, 1.54) is 0 Å². The van der Waals surface area contributed by atoms with Gasteiger partial charge in [0.1, 0.15) is 0 Å². The molecule has 1 aliphatic heterocycles. The number of nitrogens with zero attached hydrogens (tertiary/aromatic N) is 2. The molecule has 0 atom stereocenters. The SMILES string of the molecule is CCn1cc(C)nc1NC1(C)CCOCC1. The Balaban J connectivity index is 2.12. The van der Waals surface area contributed by atoms with Gasteiger partial charge in [-0.15, -0.1) is 0 Å². The first-order chi connectivity index (χ1) is 7.63. The van der Waals surface area contributed by atoms with Crippen LogP contribution >= 0.6 is 0 Å². The largest absolute Gasteiger partial charge is 0.381 e. The summed E-state index contributed by atoms with van der Waals surface area (Å²) in [6, 6.07) is 0. The second kappa shape index (κ2) is 4.45. The minimum absolute atomic E-state index is 0.128. The highest BCUT2D eigenvalue weighted by molar-refractivity contribution is 5.32. The van der Waals surface area contributed by atoms with E-state index < -0.39 is 0 Å². The molecule has 0 bridgehead atoms. The Morgan fingerprint density at radius 1 is 1.50 bits per heavy atom. The molecular formula is C12H21N3O. The van der Waals surface area contributed by atoms with Crippen molar-refractivity contribution >= 4 is 5.95 Å². The molecule has 16 heavy (non-hydrogen) atoms. The van der Waals surface area contributed by atoms with Crippen LogP contribution in [0.2, 0.25) is 0 Å². The van der Waals surface area contributed by atoms with E-state index in [0.717, 1.165) is 44.2 Å². The topological polar surface area (TPSA) is 39.1 Å². The van der Waals surface area contributed by atoms with Crippen LogP contribution in [-0.4, -0.2) is 28.3 Å². The Kier molecular flexibility index (Phi) is 3.19. The summed E-state index contributed by atoms with van der Waals surface area (Å²) in [5.74, 6) is 0.990. The van der Waals surface area contributed by atoms with Crippen molar-refractivity contribution in [1.82, 2.24) is 9.55 Å². The minimum atomic E-state index is 0.128. The third kappa shape index (κ3) is 2.38. The summed E-state index contributed by atoms with van der Waals surface area (Å²) in [6.07, 6.45) is 4.18. The molecule has 0 aromatic carbocycles. The number of nitrogens with one attached hydrogen (secondary N) is 1. The first kappa shape index (κ1) is 11.5. The monoisotopic (exact) mass is 223 g/mol. The lowest BCUT2D eigenvalue weighted by molar-refractivity contribution is 0.0655. The molecule has 1 aromatic heterocycles. The van der Waals surface area contributed by atoms with Crippen LogP contribution < -0.4 is 5.32 Å². The fourth-order valence-electron chi connectivity index (χ4n) is 2.10. The van der Waals surface area contributed by atoms with Gasteiger partial charge in [0.05, 0.1) is 5.69 Å².